The van der Waals surface area contributed by atoms with Gasteiger partial charge in [0.25, 0.3) is 0 Å². The Hall–Kier alpha value is -4.13. The van der Waals surface area contributed by atoms with Crippen molar-refractivity contribution in [3.8, 4) is 45.4 Å². The van der Waals surface area contributed by atoms with Gasteiger partial charge in [0.15, 0.2) is 17.3 Å². The summed E-state index contributed by atoms with van der Waals surface area (Å²) in [7, 11) is 3.24. The lowest BCUT2D eigenvalue weighted by molar-refractivity contribution is 0.355. The molecule has 2 aliphatic rings. The first-order valence-electron chi connectivity index (χ1n) is 9.88. The van der Waals surface area contributed by atoms with E-state index in [4.69, 9.17) is 14.5 Å². The zero-order valence-corrected chi connectivity index (χ0v) is 17.2. The van der Waals surface area contributed by atoms with Gasteiger partial charge in [0.1, 0.15) is 5.69 Å². The number of nitrogens with zero attached hydrogens (tertiary/aromatic N) is 4. The lowest BCUT2D eigenvalue weighted by atomic mass is 10.1. The average molecular weight is 411 g/mol. The lowest BCUT2D eigenvalue weighted by Crippen LogP contribution is -1.99. The summed E-state index contributed by atoms with van der Waals surface area (Å²) in [5.41, 5.74) is 5.62. The molecule has 7 nitrogen and oxygen atoms in total. The SMILES string of the molecule is COc1ccc(-c2c[nH]c3ncc(-c4cnn(Cc5ccccc5)c4)c-3n2)cc1OC. The highest BCUT2D eigenvalue weighted by Crippen LogP contribution is 2.35. The highest BCUT2D eigenvalue weighted by atomic mass is 16.5. The van der Waals surface area contributed by atoms with E-state index in [0.29, 0.717) is 18.0 Å². The molecule has 0 unspecified atom stereocenters. The largest absolute Gasteiger partial charge is 0.493 e. The number of aromatic amines is 1. The van der Waals surface area contributed by atoms with Crippen LogP contribution in [0.2, 0.25) is 0 Å². The van der Waals surface area contributed by atoms with E-state index in [0.717, 1.165) is 33.9 Å². The number of methoxy groups -OCH3 is 2. The number of fused-ring (bicyclic) bond motifs is 1. The van der Waals surface area contributed by atoms with Crippen molar-refractivity contribution < 1.29 is 9.47 Å². The molecule has 0 aliphatic carbocycles. The van der Waals surface area contributed by atoms with Gasteiger partial charge >= 0.3 is 0 Å². The molecule has 7 heteroatoms. The molecule has 1 aromatic heterocycles. The second-order valence-corrected chi connectivity index (χ2v) is 7.14. The number of rotatable bonds is 6. The highest BCUT2D eigenvalue weighted by Gasteiger charge is 2.18. The fourth-order valence-electron chi connectivity index (χ4n) is 3.60. The maximum atomic E-state index is 5.43. The number of ether oxygens (including phenoxy) is 2. The first kappa shape index (κ1) is 18.9. The molecule has 1 N–H and O–H groups in total. The molecule has 0 amide bonds. The fourth-order valence-corrected chi connectivity index (χ4v) is 3.60. The van der Waals surface area contributed by atoms with Gasteiger partial charge in [0.2, 0.25) is 0 Å². The highest BCUT2D eigenvalue weighted by molar-refractivity contribution is 5.80. The third kappa shape index (κ3) is 3.61. The molecule has 3 heterocycles. The third-order valence-corrected chi connectivity index (χ3v) is 5.19. The van der Waals surface area contributed by atoms with Gasteiger partial charge < -0.3 is 14.5 Å². The molecule has 0 bridgehead atoms. The van der Waals surface area contributed by atoms with E-state index >= 15 is 0 Å². The number of hydrogen-bond acceptors (Lipinski definition) is 5. The molecule has 0 fully saturated rings. The van der Waals surface area contributed by atoms with Gasteiger partial charge in [-0.05, 0) is 23.8 Å². The number of benzene rings is 2. The summed E-state index contributed by atoms with van der Waals surface area (Å²) in [4.78, 5) is 12.6. The van der Waals surface area contributed by atoms with Crippen LogP contribution in [0.15, 0.2) is 73.3 Å². The van der Waals surface area contributed by atoms with Crippen molar-refractivity contribution >= 4 is 0 Å². The topological polar surface area (TPSA) is 77.9 Å². The van der Waals surface area contributed by atoms with Gasteiger partial charge in [-0.25, -0.2) is 9.97 Å². The normalized spacial score (nSPS) is 11.0. The molecule has 0 saturated carbocycles. The summed E-state index contributed by atoms with van der Waals surface area (Å²) >= 11 is 0. The summed E-state index contributed by atoms with van der Waals surface area (Å²) in [6, 6.07) is 16.0. The number of H-pyrrole nitrogens is 1. The number of aromatic nitrogens is 5. The Morgan fingerprint density at radius 1 is 0.935 bits per heavy atom. The van der Waals surface area contributed by atoms with Crippen molar-refractivity contribution in [2.45, 2.75) is 6.54 Å². The standard InChI is InChI=1S/C24H21N5O2/c1-30-21-9-8-17(10-22(21)31-2)20-13-26-24-23(28-20)19(12-25-24)18-11-27-29(15-18)14-16-6-4-3-5-7-16/h3-13,15H,14H2,1-2H3,(H,25,26). The monoisotopic (exact) mass is 411 g/mol. The molecule has 31 heavy (non-hydrogen) atoms. The molecule has 0 saturated heterocycles. The Bertz CT molecular complexity index is 1290. The lowest BCUT2D eigenvalue weighted by Gasteiger charge is -2.10. The molecule has 0 radical (unpaired) electrons. The van der Waals surface area contributed by atoms with Crippen molar-refractivity contribution in [2.24, 2.45) is 0 Å². The number of hydrogen-bond donors (Lipinski definition) is 1. The van der Waals surface area contributed by atoms with Gasteiger partial charge in [-0.15, -0.1) is 0 Å². The fraction of sp³-hybridized carbons (Fsp3) is 0.125. The van der Waals surface area contributed by atoms with Crippen LogP contribution in [0.4, 0.5) is 0 Å². The summed E-state index contributed by atoms with van der Waals surface area (Å²) in [5.74, 6) is 2.07. The van der Waals surface area contributed by atoms with Crippen LogP contribution in [0.25, 0.3) is 33.9 Å². The second kappa shape index (κ2) is 7.95. The van der Waals surface area contributed by atoms with Gasteiger partial charge in [-0.3, -0.25) is 4.68 Å². The Morgan fingerprint density at radius 2 is 1.77 bits per heavy atom. The van der Waals surface area contributed by atoms with Crippen molar-refractivity contribution in [1.82, 2.24) is 24.7 Å². The van der Waals surface area contributed by atoms with Crippen LogP contribution in [0.3, 0.4) is 0 Å². The van der Waals surface area contributed by atoms with E-state index in [2.05, 4.69) is 27.2 Å². The first-order chi connectivity index (χ1) is 15.2. The summed E-state index contributed by atoms with van der Waals surface area (Å²) in [6.07, 6.45) is 7.55. The molecule has 5 rings (SSSR count). The van der Waals surface area contributed by atoms with E-state index in [9.17, 15) is 0 Å². The zero-order chi connectivity index (χ0) is 21.2. The molecule has 154 valence electrons. The van der Waals surface area contributed by atoms with Crippen molar-refractivity contribution in [3.63, 3.8) is 0 Å². The maximum absolute atomic E-state index is 5.43. The molecule has 2 aliphatic heterocycles. The van der Waals surface area contributed by atoms with Gasteiger partial charge in [0.05, 0.1) is 32.7 Å². The van der Waals surface area contributed by atoms with Gasteiger partial charge in [-0.2, -0.15) is 5.10 Å². The summed E-state index contributed by atoms with van der Waals surface area (Å²) in [6.45, 7) is 0.712. The summed E-state index contributed by atoms with van der Waals surface area (Å²) in [5, 5.41) is 4.52. The Labute approximate surface area is 179 Å². The first-order valence-corrected chi connectivity index (χ1v) is 9.88. The molecular formula is C24H21N5O2. The van der Waals surface area contributed by atoms with Gasteiger partial charge in [0, 0.05) is 35.3 Å². The molecule has 0 atom stereocenters. The quantitative estimate of drug-likeness (QED) is 0.445. The van der Waals surface area contributed by atoms with E-state index in [1.165, 1.54) is 5.56 Å². The Kier molecular flexibility index (Phi) is 4.84. The average Bonchev–Trinajstić information content (AvgIpc) is 3.45. The van der Waals surface area contributed by atoms with E-state index in [-0.39, 0.29) is 0 Å². The molecule has 2 aromatic carbocycles. The molecule has 3 aromatic rings. The molecule has 0 spiro atoms. The number of nitrogens with one attached hydrogen (secondary N) is 1. The van der Waals surface area contributed by atoms with Crippen molar-refractivity contribution in [3.05, 3.63) is 78.9 Å². The van der Waals surface area contributed by atoms with E-state index < -0.39 is 0 Å². The van der Waals surface area contributed by atoms with Crippen LogP contribution in [0.5, 0.6) is 11.5 Å². The second-order valence-electron chi connectivity index (χ2n) is 7.14. The minimum atomic E-state index is 0.657. The van der Waals surface area contributed by atoms with Crippen LogP contribution < -0.4 is 9.47 Å². The zero-order valence-electron chi connectivity index (χ0n) is 17.2. The Morgan fingerprint density at radius 3 is 2.58 bits per heavy atom. The minimum absolute atomic E-state index is 0.657. The molecular weight excluding hydrogens is 390 g/mol. The van der Waals surface area contributed by atoms with Crippen LogP contribution in [-0.2, 0) is 6.54 Å². The van der Waals surface area contributed by atoms with Crippen molar-refractivity contribution in [1.29, 1.82) is 0 Å². The third-order valence-electron chi connectivity index (χ3n) is 5.19. The summed E-state index contributed by atoms with van der Waals surface area (Å²) < 4.78 is 12.7. The maximum Gasteiger partial charge on any atom is 0.161 e. The van der Waals surface area contributed by atoms with Crippen LogP contribution in [0, 0.1) is 0 Å². The predicted molar refractivity (Wildman–Crippen MR) is 118 cm³/mol. The Balaban J connectivity index is 1.49. The van der Waals surface area contributed by atoms with E-state index in [1.54, 1.807) is 14.2 Å². The van der Waals surface area contributed by atoms with Crippen molar-refractivity contribution in [2.75, 3.05) is 14.2 Å². The minimum Gasteiger partial charge on any atom is -0.493 e. The van der Waals surface area contributed by atoms with Crippen LogP contribution >= 0.6 is 0 Å². The van der Waals surface area contributed by atoms with Gasteiger partial charge in [-0.1, -0.05) is 30.3 Å². The predicted octanol–water partition coefficient (Wildman–Crippen LogP) is 4.51. The van der Waals surface area contributed by atoms with E-state index in [1.807, 2.05) is 65.9 Å². The smallest absolute Gasteiger partial charge is 0.161 e. The van der Waals surface area contributed by atoms with Crippen LogP contribution in [-0.4, -0.2) is 39.0 Å². The van der Waals surface area contributed by atoms with Crippen LogP contribution in [0.1, 0.15) is 5.56 Å².